The van der Waals surface area contributed by atoms with Crippen LogP contribution < -0.4 is 10.5 Å². The van der Waals surface area contributed by atoms with Crippen LogP contribution in [0.4, 0.5) is 5.69 Å². The summed E-state index contributed by atoms with van der Waals surface area (Å²) in [4.78, 5) is 43.7. The number of fused-ring (bicyclic) bond motifs is 1. The maximum atomic E-state index is 12.3. The van der Waals surface area contributed by atoms with Gasteiger partial charge in [-0.05, 0) is 36.4 Å². The number of aromatic amines is 1. The van der Waals surface area contributed by atoms with E-state index in [1.807, 2.05) is 35.2 Å². The molecule has 0 aliphatic heterocycles. The SMILES string of the molecule is CC(=O)OCCN(CCOC(C)=O)c1ccc(-c2nc3ccccc3c(=O)[nH]2)cc1. The van der Waals surface area contributed by atoms with Gasteiger partial charge in [-0.3, -0.25) is 14.4 Å². The highest BCUT2D eigenvalue weighted by Crippen LogP contribution is 2.21. The molecule has 0 aliphatic rings. The molecular formula is C22H23N3O5. The van der Waals surface area contributed by atoms with Crippen molar-refractivity contribution in [2.24, 2.45) is 0 Å². The summed E-state index contributed by atoms with van der Waals surface area (Å²) in [7, 11) is 0. The predicted octanol–water partition coefficient (Wildman–Crippen LogP) is 2.52. The Bertz CT molecular complexity index is 1070. The van der Waals surface area contributed by atoms with Crippen LogP contribution in [0.2, 0.25) is 0 Å². The molecule has 0 saturated heterocycles. The molecule has 1 heterocycles. The van der Waals surface area contributed by atoms with E-state index in [2.05, 4.69) is 9.97 Å². The number of carbonyl (C=O) groups is 2. The molecule has 0 spiro atoms. The molecule has 8 nitrogen and oxygen atoms in total. The molecule has 0 aliphatic carbocycles. The topological polar surface area (TPSA) is 102 Å². The molecule has 1 aromatic heterocycles. The van der Waals surface area contributed by atoms with Crippen LogP contribution in [0, 0.1) is 0 Å². The summed E-state index contributed by atoms with van der Waals surface area (Å²) in [5.74, 6) is -0.218. The largest absolute Gasteiger partial charge is 0.464 e. The average Bonchev–Trinajstić information content (AvgIpc) is 2.72. The minimum absolute atomic E-state index is 0.191. The molecule has 0 atom stereocenters. The highest BCUT2D eigenvalue weighted by molar-refractivity contribution is 5.79. The minimum atomic E-state index is -0.350. The maximum Gasteiger partial charge on any atom is 0.302 e. The number of benzene rings is 2. The van der Waals surface area contributed by atoms with Crippen molar-refractivity contribution in [1.29, 1.82) is 0 Å². The molecule has 3 aromatic rings. The lowest BCUT2D eigenvalue weighted by molar-refractivity contribution is -0.141. The number of hydrogen-bond acceptors (Lipinski definition) is 7. The smallest absolute Gasteiger partial charge is 0.302 e. The van der Waals surface area contributed by atoms with E-state index in [0.717, 1.165) is 11.3 Å². The van der Waals surface area contributed by atoms with E-state index in [4.69, 9.17) is 9.47 Å². The average molecular weight is 409 g/mol. The molecule has 0 amide bonds. The molecule has 0 bridgehead atoms. The van der Waals surface area contributed by atoms with Crippen molar-refractivity contribution in [2.75, 3.05) is 31.2 Å². The van der Waals surface area contributed by atoms with Gasteiger partial charge in [0.05, 0.1) is 24.0 Å². The molecular weight excluding hydrogens is 386 g/mol. The van der Waals surface area contributed by atoms with E-state index < -0.39 is 0 Å². The fourth-order valence-electron chi connectivity index (χ4n) is 3.02. The van der Waals surface area contributed by atoms with E-state index in [1.54, 1.807) is 18.2 Å². The van der Waals surface area contributed by atoms with Crippen LogP contribution in [-0.4, -0.2) is 48.2 Å². The maximum absolute atomic E-state index is 12.3. The van der Waals surface area contributed by atoms with Gasteiger partial charge < -0.3 is 19.4 Å². The van der Waals surface area contributed by atoms with Crippen LogP contribution in [-0.2, 0) is 19.1 Å². The second-order valence-electron chi connectivity index (χ2n) is 6.65. The van der Waals surface area contributed by atoms with Crippen molar-refractivity contribution >= 4 is 28.5 Å². The molecule has 30 heavy (non-hydrogen) atoms. The summed E-state index contributed by atoms with van der Waals surface area (Å²) in [6.45, 7) is 4.05. The number of anilines is 1. The molecule has 0 saturated carbocycles. The van der Waals surface area contributed by atoms with Gasteiger partial charge >= 0.3 is 11.9 Å². The number of ether oxygens (including phenoxy) is 2. The third kappa shape index (κ3) is 5.44. The van der Waals surface area contributed by atoms with Crippen molar-refractivity contribution in [3.05, 3.63) is 58.9 Å². The van der Waals surface area contributed by atoms with Crippen molar-refractivity contribution in [2.45, 2.75) is 13.8 Å². The molecule has 8 heteroatoms. The Morgan fingerprint density at radius 2 is 1.53 bits per heavy atom. The standard InChI is InChI=1S/C22H23N3O5/c1-15(26)29-13-11-25(12-14-30-16(2)27)18-9-7-17(8-10-18)21-23-20-6-4-3-5-19(20)22(28)24-21/h3-10H,11-14H2,1-2H3,(H,23,24,28). The van der Waals surface area contributed by atoms with Gasteiger partial charge in [0.25, 0.3) is 5.56 Å². The number of para-hydroxylation sites is 1. The van der Waals surface area contributed by atoms with Crippen LogP contribution in [0.5, 0.6) is 0 Å². The fraction of sp³-hybridized carbons (Fsp3) is 0.273. The van der Waals surface area contributed by atoms with E-state index in [0.29, 0.717) is 29.8 Å². The summed E-state index contributed by atoms with van der Waals surface area (Å²) < 4.78 is 10.1. The zero-order valence-corrected chi connectivity index (χ0v) is 16.9. The van der Waals surface area contributed by atoms with Crippen molar-refractivity contribution in [3.8, 4) is 11.4 Å². The quantitative estimate of drug-likeness (QED) is 0.571. The summed E-state index contributed by atoms with van der Waals surface area (Å²) in [6, 6.07) is 14.6. The van der Waals surface area contributed by atoms with Crippen molar-refractivity contribution < 1.29 is 19.1 Å². The Kier molecular flexibility index (Phi) is 6.79. The Morgan fingerprint density at radius 3 is 2.13 bits per heavy atom. The third-order valence-corrected chi connectivity index (χ3v) is 4.45. The number of H-pyrrole nitrogens is 1. The van der Waals surface area contributed by atoms with Crippen LogP contribution in [0.3, 0.4) is 0 Å². The molecule has 3 rings (SSSR count). The zero-order chi connectivity index (χ0) is 21.5. The number of rotatable bonds is 8. The monoisotopic (exact) mass is 409 g/mol. The third-order valence-electron chi connectivity index (χ3n) is 4.45. The van der Waals surface area contributed by atoms with Crippen LogP contribution in [0.25, 0.3) is 22.3 Å². The van der Waals surface area contributed by atoms with Gasteiger partial charge in [0.15, 0.2) is 0 Å². The number of nitrogens with zero attached hydrogens (tertiary/aromatic N) is 2. The first-order chi connectivity index (χ1) is 14.4. The molecule has 0 radical (unpaired) electrons. The van der Waals surface area contributed by atoms with Gasteiger partial charge in [-0.25, -0.2) is 4.98 Å². The molecule has 0 fully saturated rings. The Labute approximate surface area is 173 Å². The lowest BCUT2D eigenvalue weighted by atomic mass is 10.1. The summed E-state index contributed by atoms with van der Waals surface area (Å²) >= 11 is 0. The Balaban J connectivity index is 1.80. The van der Waals surface area contributed by atoms with Gasteiger partial charge in [-0.15, -0.1) is 0 Å². The van der Waals surface area contributed by atoms with E-state index >= 15 is 0 Å². The molecule has 1 N–H and O–H groups in total. The number of esters is 2. The van der Waals surface area contributed by atoms with Crippen LogP contribution in [0.1, 0.15) is 13.8 Å². The van der Waals surface area contributed by atoms with Crippen molar-refractivity contribution in [3.63, 3.8) is 0 Å². The second kappa shape index (κ2) is 9.69. The number of hydrogen-bond donors (Lipinski definition) is 1. The lowest BCUT2D eigenvalue weighted by Crippen LogP contribution is -2.31. The summed E-state index contributed by atoms with van der Waals surface area (Å²) in [5, 5.41) is 0.542. The van der Waals surface area contributed by atoms with Crippen LogP contribution >= 0.6 is 0 Å². The van der Waals surface area contributed by atoms with E-state index in [-0.39, 0.29) is 30.7 Å². The number of carbonyl (C=O) groups excluding carboxylic acids is 2. The number of nitrogens with one attached hydrogen (secondary N) is 1. The molecule has 2 aromatic carbocycles. The van der Waals surface area contributed by atoms with E-state index in [1.165, 1.54) is 13.8 Å². The fourth-order valence-corrected chi connectivity index (χ4v) is 3.02. The normalized spacial score (nSPS) is 10.6. The van der Waals surface area contributed by atoms with Gasteiger partial charge in [0.1, 0.15) is 19.0 Å². The second-order valence-corrected chi connectivity index (χ2v) is 6.65. The predicted molar refractivity (Wildman–Crippen MR) is 113 cm³/mol. The lowest BCUT2D eigenvalue weighted by Gasteiger charge is -2.24. The van der Waals surface area contributed by atoms with Crippen molar-refractivity contribution in [1.82, 2.24) is 9.97 Å². The zero-order valence-electron chi connectivity index (χ0n) is 16.9. The highest BCUT2D eigenvalue weighted by Gasteiger charge is 2.10. The molecule has 156 valence electrons. The van der Waals surface area contributed by atoms with Gasteiger partial charge in [0.2, 0.25) is 0 Å². The first-order valence-electron chi connectivity index (χ1n) is 9.55. The first-order valence-corrected chi connectivity index (χ1v) is 9.55. The van der Waals surface area contributed by atoms with Crippen LogP contribution in [0.15, 0.2) is 53.3 Å². The van der Waals surface area contributed by atoms with Gasteiger partial charge in [0, 0.05) is 25.1 Å². The van der Waals surface area contributed by atoms with Gasteiger partial charge in [-0.1, -0.05) is 12.1 Å². The highest BCUT2D eigenvalue weighted by atomic mass is 16.5. The van der Waals surface area contributed by atoms with E-state index in [9.17, 15) is 14.4 Å². The Hall–Kier alpha value is -3.68. The van der Waals surface area contributed by atoms with Gasteiger partial charge in [-0.2, -0.15) is 0 Å². The first kappa shape index (κ1) is 21.0. The number of aromatic nitrogens is 2. The molecule has 0 unspecified atom stereocenters. The Morgan fingerprint density at radius 1 is 0.933 bits per heavy atom. The minimum Gasteiger partial charge on any atom is -0.464 e. The summed E-state index contributed by atoms with van der Waals surface area (Å²) in [6.07, 6.45) is 0. The summed E-state index contributed by atoms with van der Waals surface area (Å²) in [5.41, 5.74) is 2.07.